The molecule has 0 radical (unpaired) electrons. The largest absolute Gasteiger partial charge is 0.496 e. The lowest BCUT2D eigenvalue weighted by Gasteiger charge is -2.35. The second-order valence-electron chi connectivity index (χ2n) is 6.99. The van der Waals surface area contributed by atoms with E-state index in [0.717, 1.165) is 35.8 Å². The first kappa shape index (κ1) is 19.6. The minimum Gasteiger partial charge on any atom is -0.496 e. The second-order valence-corrected chi connectivity index (χ2v) is 6.99. The van der Waals surface area contributed by atoms with Crippen molar-refractivity contribution in [2.45, 2.75) is 0 Å². The van der Waals surface area contributed by atoms with Crippen LogP contribution in [0.2, 0.25) is 0 Å². The van der Waals surface area contributed by atoms with E-state index in [0.29, 0.717) is 18.9 Å². The van der Waals surface area contributed by atoms with Crippen LogP contribution < -0.4 is 9.64 Å². The highest BCUT2D eigenvalue weighted by molar-refractivity contribution is 5.92. The van der Waals surface area contributed by atoms with Gasteiger partial charge in [0, 0.05) is 49.6 Å². The maximum Gasteiger partial charge on any atom is 0.246 e. The summed E-state index contributed by atoms with van der Waals surface area (Å²) < 4.78 is 5.33. The van der Waals surface area contributed by atoms with Gasteiger partial charge < -0.3 is 14.5 Å². The maximum atomic E-state index is 12.6. The highest BCUT2D eigenvalue weighted by Crippen LogP contribution is 2.20. The molecule has 1 saturated heterocycles. The predicted octanol–water partition coefficient (Wildman–Crippen LogP) is 3.51. The van der Waals surface area contributed by atoms with Gasteiger partial charge in [-0.2, -0.15) is 0 Å². The van der Waals surface area contributed by atoms with E-state index >= 15 is 0 Å². The Morgan fingerprint density at radius 1 is 0.967 bits per heavy atom. The van der Waals surface area contributed by atoms with Gasteiger partial charge in [-0.05, 0) is 18.2 Å². The van der Waals surface area contributed by atoms with Crippen molar-refractivity contribution in [1.82, 2.24) is 14.9 Å². The molecule has 1 aliphatic heterocycles. The van der Waals surface area contributed by atoms with E-state index in [1.807, 2.05) is 71.6 Å². The van der Waals surface area contributed by atoms with E-state index in [9.17, 15) is 4.79 Å². The SMILES string of the molecule is COc1ccccc1/C=C/C(=O)N1CCN(c2ccnc(-c3ccccc3)n2)CC1. The number of para-hydroxylation sites is 1. The van der Waals surface area contributed by atoms with Gasteiger partial charge in [0.05, 0.1) is 7.11 Å². The van der Waals surface area contributed by atoms with Gasteiger partial charge in [0.1, 0.15) is 11.6 Å². The highest BCUT2D eigenvalue weighted by atomic mass is 16.5. The van der Waals surface area contributed by atoms with Crippen LogP contribution in [-0.4, -0.2) is 54.1 Å². The molecule has 0 spiro atoms. The van der Waals surface area contributed by atoms with E-state index in [-0.39, 0.29) is 5.91 Å². The lowest BCUT2D eigenvalue weighted by molar-refractivity contribution is -0.126. The molecular formula is C24H24N4O2. The Labute approximate surface area is 176 Å². The number of methoxy groups -OCH3 is 1. The Morgan fingerprint density at radius 2 is 1.70 bits per heavy atom. The molecule has 1 fully saturated rings. The van der Waals surface area contributed by atoms with Crippen molar-refractivity contribution in [1.29, 1.82) is 0 Å². The number of rotatable bonds is 5. The van der Waals surface area contributed by atoms with Crippen LogP contribution in [0.4, 0.5) is 5.82 Å². The summed E-state index contributed by atoms with van der Waals surface area (Å²) in [5, 5.41) is 0. The molecule has 0 N–H and O–H groups in total. The minimum atomic E-state index is 0.00761. The van der Waals surface area contributed by atoms with E-state index in [4.69, 9.17) is 9.72 Å². The second kappa shape index (κ2) is 9.22. The van der Waals surface area contributed by atoms with Crippen molar-refractivity contribution in [3.05, 3.63) is 78.5 Å². The van der Waals surface area contributed by atoms with Crippen LogP contribution in [0.3, 0.4) is 0 Å². The molecule has 30 heavy (non-hydrogen) atoms. The minimum absolute atomic E-state index is 0.00761. The number of benzene rings is 2. The average Bonchev–Trinajstić information content (AvgIpc) is 2.83. The fraction of sp³-hybridized carbons (Fsp3) is 0.208. The number of carbonyl (C=O) groups is 1. The summed E-state index contributed by atoms with van der Waals surface area (Å²) >= 11 is 0. The van der Waals surface area contributed by atoms with Gasteiger partial charge in [0.25, 0.3) is 0 Å². The fourth-order valence-corrected chi connectivity index (χ4v) is 3.48. The van der Waals surface area contributed by atoms with Crippen molar-refractivity contribution in [2.75, 3.05) is 38.2 Å². The molecule has 0 bridgehead atoms. The molecule has 4 rings (SSSR count). The Bertz CT molecular complexity index is 1030. The molecule has 2 heterocycles. The van der Waals surface area contributed by atoms with Crippen LogP contribution in [0.5, 0.6) is 5.75 Å². The predicted molar refractivity (Wildman–Crippen MR) is 118 cm³/mol. The molecule has 0 atom stereocenters. The molecule has 152 valence electrons. The molecule has 0 saturated carbocycles. The van der Waals surface area contributed by atoms with Gasteiger partial charge in [0.15, 0.2) is 5.82 Å². The molecule has 1 aliphatic rings. The number of nitrogens with zero attached hydrogens (tertiary/aromatic N) is 4. The van der Waals surface area contributed by atoms with E-state index in [1.54, 1.807) is 19.4 Å². The number of piperazine rings is 1. The Morgan fingerprint density at radius 3 is 2.47 bits per heavy atom. The summed E-state index contributed by atoms with van der Waals surface area (Å²) in [7, 11) is 1.63. The first-order valence-electron chi connectivity index (χ1n) is 9.98. The highest BCUT2D eigenvalue weighted by Gasteiger charge is 2.21. The molecule has 0 unspecified atom stereocenters. The van der Waals surface area contributed by atoms with Gasteiger partial charge in [-0.3, -0.25) is 4.79 Å². The normalized spacial score (nSPS) is 14.2. The van der Waals surface area contributed by atoms with Crippen LogP contribution in [0.15, 0.2) is 72.9 Å². The number of anilines is 1. The van der Waals surface area contributed by atoms with Crippen LogP contribution >= 0.6 is 0 Å². The van der Waals surface area contributed by atoms with Crippen molar-refractivity contribution >= 4 is 17.8 Å². The zero-order chi connectivity index (χ0) is 20.8. The van der Waals surface area contributed by atoms with Crippen molar-refractivity contribution in [3.63, 3.8) is 0 Å². The monoisotopic (exact) mass is 400 g/mol. The van der Waals surface area contributed by atoms with Gasteiger partial charge >= 0.3 is 0 Å². The Hall–Kier alpha value is -3.67. The molecule has 6 nitrogen and oxygen atoms in total. The molecule has 0 aliphatic carbocycles. The molecular weight excluding hydrogens is 376 g/mol. The molecule has 6 heteroatoms. The smallest absolute Gasteiger partial charge is 0.246 e. The summed E-state index contributed by atoms with van der Waals surface area (Å²) in [5.74, 6) is 2.37. The van der Waals surface area contributed by atoms with Crippen molar-refractivity contribution in [2.24, 2.45) is 0 Å². The molecule has 1 aromatic heterocycles. The number of hydrogen-bond donors (Lipinski definition) is 0. The number of amides is 1. The van der Waals surface area contributed by atoms with Gasteiger partial charge in [-0.25, -0.2) is 9.97 Å². The quantitative estimate of drug-likeness (QED) is 0.614. The van der Waals surface area contributed by atoms with E-state index in [1.165, 1.54) is 0 Å². The summed E-state index contributed by atoms with van der Waals surface area (Å²) in [6.07, 6.45) is 5.22. The molecule has 2 aromatic carbocycles. The Kier molecular flexibility index (Phi) is 6.03. The Balaban J connectivity index is 1.38. The van der Waals surface area contributed by atoms with E-state index in [2.05, 4.69) is 9.88 Å². The topological polar surface area (TPSA) is 58.6 Å². The average molecular weight is 400 g/mol. The van der Waals surface area contributed by atoms with Crippen LogP contribution in [0, 0.1) is 0 Å². The van der Waals surface area contributed by atoms with E-state index < -0.39 is 0 Å². The fourth-order valence-electron chi connectivity index (χ4n) is 3.48. The first-order chi connectivity index (χ1) is 14.7. The third kappa shape index (κ3) is 4.49. The summed E-state index contributed by atoms with van der Waals surface area (Å²) in [6, 6.07) is 19.5. The lowest BCUT2D eigenvalue weighted by atomic mass is 10.2. The number of ether oxygens (including phenoxy) is 1. The van der Waals surface area contributed by atoms with Crippen LogP contribution in [0.25, 0.3) is 17.5 Å². The summed E-state index contributed by atoms with van der Waals surface area (Å²) in [6.45, 7) is 2.78. The zero-order valence-electron chi connectivity index (χ0n) is 16.9. The van der Waals surface area contributed by atoms with Crippen molar-refractivity contribution in [3.8, 4) is 17.1 Å². The van der Waals surface area contributed by atoms with Crippen LogP contribution in [-0.2, 0) is 4.79 Å². The number of aromatic nitrogens is 2. The van der Waals surface area contributed by atoms with Gasteiger partial charge in [-0.1, -0.05) is 48.5 Å². The standard InChI is InChI=1S/C24H24N4O2/c1-30-21-10-6-5-7-19(21)11-12-23(29)28-17-15-27(16-18-28)22-13-14-25-24(26-22)20-8-3-2-4-9-20/h2-14H,15-18H2,1H3/b12-11+. The third-order valence-electron chi connectivity index (χ3n) is 5.13. The molecule has 3 aromatic rings. The van der Waals surface area contributed by atoms with Gasteiger partial charge in [-0.15, -0.1) is 0 Å². The maximum absolute atomic E-state index is 12.6. The number of carbonyl (C=O) groups excluding carboxylic acids is 1. The van der Waals surface area contributed by atoms with Crippen LogP contribution in [0.1, 0.15) is 5.56 Å². The molecule has 1 amide bonds. The summed E-state index contributed by atoms with van der Waals surface area (Å²) in [4.78, 5) is 25.8. The zero-order valence-corrected chi connectivity index (χ0v) is 16.9. The third-order valence-corrected chi connectivity index (χ3v) is 5.13. The first-order valence-corrected chi connectivity index (χ1v) is 9.98. The van der Waals surface area contributed by atoms with Gasteiger partial charge in [0.2, 0.25) is 5.91 Å². The number of hydrogen-bond acceptors (Lipinski definition) is 5. The lowest BCUT2D eigenvalue weighted by Crippen LogP contribution is -2.48. The summed E-state index contributed by atoms with van der Waals surface area (Å²) in [5.41, 5.74) is 1.89. The van der Waals surface area contributed by atoms with Crippen molar-refractivity contribution < 1.29 is 9.53 Å².